The maximum atomic E-state index is 11.3. The van der Waals surface area contributed by atoms with Crippen molar-refractivity contribution in [2.45, 2.75) is 13.5 Å². The third kappa shape index (κ3) is 3.62. The third-order valence-electron chi connectivity index (χ3n) is 4.58. The van der Waals surface area contributed by atoms with Crippen LogP contribution in [0.5, 0.6) is 0 Å². The highest BCUT2D eigenvalue weighted by atomic mass is 35.5. The molecule has 0 aliphatic carbocycles. The van der Waals surface area contributed by atoms with Crippen LogP contribution in [0.2, 0.25) is 5.15 Å². The van der Waals surface area contributed by atoms with Crippen LogP contribution in [-0.4, -0.2) is 30.8 Å². The van der Waals surface area contributed by atoms with Crippen LogP contribution >= 0.6 is 11.6 Å². The minimum atomic E-state index is -1.04. The number of carbonyl (C=O) groups is 1. The zero-order chi connectivity index (χ0) is 20.4. The zero-order valence-electron chi connectivity index (χ0n) is 15.6. The van der Waals surface area contributed by atoms with E-state index in [1.165, 1.54) is 0 Å². The van der Waals surface area contributed by atoms with Crippen molar-refractivity contribution < 1.29 is 9.90 Å². The quantitative estimate of drug-likeness (QED) is 0.376. The van der Waals surface area contributed by atoms with Gasteiger partial charge in [0.05, 0.1) is 11.9 Å². The van der Waals surface area contributed by atoms with E-state index in [-0.39, 0.29) is 0 Å². The van der Waals surface area contributed by atoms with Crippen molar-refractivity contribution in [3.8, 4) is 22.4 Å². The molecule has 1 aromatic carbocycles. The molecule has 0 fully saturated rings. The lowest BCUT2D eigenvalue weighted by molar-refractivity contribution is -0.131. The molecule has 0 saturated heterocycles. The Morgan fingerprint density at radius 2 is 2.00 bits per heavy atom. The molecular formula is C22H17ClN4O2. The van der Waals surface area contributed by atoms with Crippen molar-refractivity contribution >= 4 is 34.7 Å². The van der Waals surface area contributed by atoms with Crippen LogP contribution in [0.1, 0.15) is 12.5 Å². The Morgan fingerprint density at radius 3 is 2.69 bits per heavy atom. The summed E-state index contributed by atoms with van der Waals surface area (Å²) in [5, 5.41) is 14.9. The molecule has 0 aliphatic heterocycles. The van der Waals surface area contributed by atoms with E-state index >= 15 is 0 Å². The summed E-state index contributed by atoms with van der Waals surface area (Å²) >= 11 is 6.16. The Labute approximate surface area is 172 Å². The van der Waals surface area contributed by atoms with Crippen LogP contribution in [0.4, 0.5) is 0 Å². The lowest BCUT2D eigenvalue weighted by atomic mass is 9.94. The molecule has 0 spiro atoms. The third-order valence-corrected chi connectivity index (χ3v) is 4.78. The van der Waals surface area contributed by atoms with Crippen LogP contribution < -0.4 is 0 Å². The van der Waals surface area contributed by atoms with Gasteiger partial charge < -0.3 is 5.11 Å². The van der Waals surface area contributed by atoms with Gasteiger partial charge in [-0.2, -0.15) is 5.10 Å². The molecule has 0 atom stereocenters. The maximum absolute atomic E-state index is 11.3. The Bertz CT molecular complexity index is 1230. The molecule has 0 unspecified atom stereocenters. The molecule has 0 radical (unpaired) electrons. The molecule has 4 rings (SSSR count). The largest absolute Gasteiger partial charge is 0.478 e. The number of hydrogen-bond donors (Lipinski definition) is 1. The number of rotatable bonds is 5. The first kappa shape index (κ1) is 18.8. The van der Waals surface area contributed by atoms with Gasteiger partial charge in [0.2, 0.25) is 0 Å². The summed E-state index contributed by atoms with van der Waals surface area (Å²) in [7, 11) is 0. The van der Waals surface area contributed by atoms with Crippen LogP contribution in [0.3, 0.4) is 0 Å². The van der Waals surface area contributed by atoms with E-state index in [0.29, 0.717) is 23.0 Å². The van der Waals surface area contributed by atoms with Gasteiger partial charge in [0.25, 0.3) is 0 Å². The summed E-state index contributed by atoms with van der Waals surface area (Å²) in [5.74, 6) is -1.04. The molecule has 0 saturated carbocycles. The second-order valence-corrected chi connectivity index (χ2v) is 6.74. The van der Waals surface area contributed by atoms with Gasteiger partial charge in [-0.15, -0.1) is 0 Å². The van der Waals surface area contributed by atoms with Gasteiger partial charge in [-0.05, 0) is 30.7 Å². The monoisotopic (exact) mass is 404 g/mol. The van der Waals surface area contributed by atoms with E-state index in [1.54, 1.807) is 24.5 Å². The minimum absolute atomic E-state index is 0.352. The minimum Gasteiger partial charge on any atom is -0.478 e. The van der Waals surface area contributed by atoms with Crippen LogP contribution in [0, 0.1) is 0 Å². The van der Waals surface area contributed by atoms with Gasteiger partial charge >= 0.3 is 5.97 Å². The van der Waals surface area contributed by atoms with Crippen molar-refractivity contribution in [3.05, 3.63) is 71.7 Å². The maximum Gasteiger partial charge on any atom is 0.328 e. The van der Waals surface area contributed by atoms with Crippen molar-refractivity contribution in [1.29, 1.82) is 0 Å². The Morgan fingerprint density at radius 1 is 1.21 bits per heavy atom. The first-order chi connectivity index (χ1) is 14.1. The average Bonchev–Trinajstić information content (AvgIpc) is 3.14. The summed E-state index contributed by atoms with van der Waals surface area (Å²) < 4.78 is 1.82. The molecule has 6 nitrogen and oxygen atoms in total. The molecule has 3 heterocycles. The number of benzene rings is 1. The number of fused-ring (bicyclic) bond motifs is 1. The fraction of sp³-hybridized carbons (Fsp3) is 0.0909. The molecule has 0 amide bonds. The molecule has 1 N–H and O–H groups in total. The number of aryl methyl sites for hydroxylation is 1. The summed E-state index contributed by atoms with van der Waals surface area (Å²) in [6.07, 6.45) is 6.07. The highest BCUT2D eigenvalue weighted by molar-refractivity contribution is 6.29. The van der Waals surface area contributed by atoms with Crippen molar-refractivity contribution in [3.63, 3.8) is 0 Å². The molecule has 0 aliphatic rings. The number of halogens is 1. The fourth-order valence-corrected chi connectivity index (χ4v) is 3.51. The molecule has 0 bridgehead atoms. The second kappa shape index (κ2) is 7.85. The molecular weight excluding hydrogens is 388 g/mol. The van der Waals surface area contributed by atoms with Crippen molar-refractivity contribution in [2.24, 2.45) is 0 Å². The second-order valence-electron chi connectivity index (χ2n) is 6.35. The Kier molecular flexibility index (Phi) is 5.10. The molecule has 7 heteroatoms. The number of aliphatic carboxylic acids is 1. The topological polar surface area (TPSA) is 80.9 Å². The standard InChI is InChI=1S/C22H17ClN4O2/c1-2-27-22-17(13-25-27)20(15-10-11-24-18(23)12-15)16(8-9-19(28)29)21(26-22)14-6-4-3-5-7-14/h3-13H,2H2,1H3,(H,28,29). The fourth-order valence-electron chi connectivity index (χ4n) is 3.34. The van der Waals surface area contributed by atoms with E-state index in [9.17, 15) is 9.90 Å². The summed E-state index contributed by atoms with van der Waals surface area (Å²) in [6, 6.07) is 13.3. The predicted molar refractivity (Wildman–Crippen MR) is 114 cm³/mol. The zero-order valence-corrected chi connectivity index (χ0v) is 16.3. The predicted octanol–water partition coefficient (Wildman–Crippen LogP) is 4.93. The highest BCUT2D eigenvalue weighted by Crippen LogP contribution is 2.38. The highest BCUT2D eigenvalue weighted by Gasteiger charge is 2.19. The number of aromatic nitrogens is 4. The summed E-state index contributed by atoms with van der Waals surface area (Å²) in [6.45, 7) is 2.66. The Balaban J connectivity index is 2.15. The first-order valence-corrected chi connectivity index (χ1v) is 9.44. The van der Waals surface area contributed by atoms with Gasteiger partial charge in [-0.25, -0.2) is 19.4 Å². The lowest BCUT2D eigenvalue weighted by Crippen LogP contribution is -2.01. The SMILES string of the molecule is CCn1ncc2c(-c3ccnc(Cl)c3)c(C=CC(=O)O)c(-c3ccccc3)nc21. The number of carboxylic acids is 1. The van der Waals surface area contributed by atoms with Crippen molar-refractivity contribution in [1.82, 2.24) is 19.7 Å². The lowest BCUT2D eigenvalue weighted by Gasteiger charge is -2.14. The number of hydrogen-bond acceptors (Lipinski definition) is 4. The van der Waals surface area contributed by atoms with Gasteiger partial charge in [-0.3, -0.25) is 0 Å². The van der Waals surface area contributed by atoms with Gasteiger partial charge in [0.15, 0.2) is 5.65 Å². The van der Waals surface area contributed by atoms with E-state index in [0.717, 1.165) is 33.8 Å². The van der Waals surface area contributed by atoms with Gasteiger partial charge in [0, 0.05) is 40.9 Å². The number of carboxylic acid groups (broad SMARTS) is 1. The normalized spacial score (nSPS) is 11.4. The first-order valence-electron chi connectivity index (χ1n) is 9.06. The molecule has 3 aromatic heterocycles. The van der Waals surface area contributed by atoms with E-state index in [1.807, 2.05) is 48.0 Å². The van der Waals surface area contributed by atoms with Crippen LogP contribution in [0.15, 0.2) is 60.9 Å². The van der Waals surface area contributed by atoms with Crippen molar-refractivity contribution in [2.75, 3.05) is 0 Å². The molecule has 29 heavy (non-hydrogen) atoms. The van der Waals surface area contributed by atoms with E-state index in [4.69, 9.17) is 16.6 Å². The van der Waals surface area contributed by atoms with Gasteiger partial charge in [-0.1, -0.05) is 41.9 Å². The number of pyridine rings is 2. The summed E-state index contributed by atoms with van der Waals surface area (Å²) in [4.78, 5) is 20.2. The number of nitrogens with zero attached hydrogens (tertiary/aromatic N) is 4. The van der Waals surface area contributed by atoms with E-state index < -0.39 is 5.97 Å². The average molecular weight is 405 g/mol. The van der Waals surface area contributed by atoms with Crippen LogP contribution in [-0.2, 0) is 11.3 Å². The Hall–Kier alpha value is -3.51. The summed E-state index contributed by atoms with van der Waals surface area (Å²) in [5.41, 5.74) is 4.59. The molecule has 144 valence electrons. The molecule has 4 aromatic rings. The van der Waals surface area contributed by atoms with Gasteiger partial charge in [0.1, 0.15) is 5.15 Å². The smallest absolute Gasteiger partial charge is 0.328 e. The van der Waals surface area contributed by atoms with Crippen LogP contribution in [0.25, 0.3) is 39.5 Å². The van der Waals surface area contributed by atoms with E-state index in [2.05, 4.69) is 10.1 Å².